The van der Waals surface area contributed by atoms with E-state index in [-0.39, 0.29) is 5.91 Å². The van der Waals surface area contributed by atoms with Crippen molar-refractivity contribution >= 4 is 39.9 Å². The van der Waals surface area contributed by atoms with Crippen LogP contribution in [-0.2, 0) is 4.79 Å². The largest absolute Gasteiger partial charge is 0.455 e. The van der Waals surface area contributed by atoms with Gasteiger partial charge in [0, 0.05) is 13.1 Å². The average Bonchev–Trinajstić information content (AvgIpc) is 3.18. The van der Waals surface area contributed by atoms with E-state index >= 15 is 0 Å². The van der Waals surface area contributed by atoms with Crippen molar-refractivity contribution in [2.45, 2.75) is 19.8 Å². The van der Waals surface area contributed by atoms with E-state index in [0.717, 1.165) is 23.2 Å². The Labute approximate surface area is 163 Å². The van der Waals surface area contributed by atoms with E-state index in [4.69, 9.17) is 17.0 Å². The first-order valence-electron chi connectivity index (χ1n) is 8.67. The highest BCUT2D eigenvalue weighted by molar-refractivity contribution is 8.23. The number of carbonyl (C=O) groups is 1. The van der Waals surface area contributed by atoms with Crippen LogP contribution in [0, 0.1) is 6.92 Å². The van der Waals surface area contributed by atoms with Crippen LogP contribution in [0.3, 0.4) is 0 Å². The van der Waals surface area contributed by atoms with Gasteiger partial charge in [0.1, 0.15) is 10.1 Å². The highest BCUT2D eigenvalue weighted by Gasteiger charge is 2.16. The Morgan fingerprint density at radius 1 is 1.15 bits per heavy atom. The van der Waals surface area contributed by atoms with Crippen LogP contribution in [-0.4, -0.2) is 34.0 Å². The smallest absolute Gasteiger partial charge is 0.234 e. The molecule has 2 aromatic rings. The molecule has 1 aliphatic heterocycles. The second kappa shape index (κ2) is 9.05. The minimum Gasteiger partial charge on any atom is -0.455 e. The topological polar surface area (TPSA) is 41.6 Å². The zero-order chi connectivity index (χ0) is 18.4. The normalized spacial score (nSPS) is 13.5. The molecule has 2 aromatic carbocycles. The van der Waals surface area contributed by atoms with Gasteiger partial charge in [0.25, 0.3) is 0 Å². The van der Waals surface area contributed by atoms with E-state index in [2.05, 4.69) is 10.2 Å². The van der Waals surface area contributed by atoms with Crippen molar-refractivity contribution in [2.24, 2.45) is 0 Å². The zero-order valence-corrected chi connectivity index (χ0v) is 16.4. The maximum Gasteiger partial charge on any atom is 0.234 e. The predicted molar refractivity (Wildman–Crippen MR) is 112 cm³/mol. The van der Waals surface area contributed by atoms with Crippen molar-refractivity contribution in [2.75, 3.05) is 24.2 Å². The number of hydrogen-bond acceptors (Lipinski definition) is 4. The number of para-hydroxylation sites is 2. The van der Waals surface area contributed by atoms with Gasteiger partial charge in [-0.3, -0.25) is 4.79 Å². The molecule has 0 aliphatic carbocycles. The number of thioether (sulfide) groups is 1. The molecule has 0 radical (unpaired) electrons. The molecule has 0 saturated carbocycles. The number of carbonyl (C=O) groups excluding carboxylic acids is 1. The first kappa shape index (κ1) is 18.7. The molecule has 0 unspecified atom stereocenters. The summed E-state index contributed by atoms with van der Waals surface area (Å²) in [5.41, 5.74) is 1.83. The van der Waals surface area contributed by atoms with Crippen molar-refractivity contribution < 1.29 is 9.53 Å². The number of benzene rings is 2. The molecular weight excluding hydrogens is 364 g/mol. The Morgan fingerprint density at radius 3 is 2.58 bits per heavy atom. The van der Waals surface area contributed by atoms with Gasteiger partial charge >= 0.3 is 0 Å². The van der Waals surface area contributed by atoms with Gasteiger partial charge in [-0.2, -0.15) is 0 Å². The molecule has 136 valence electrons. The van der Waals surface area contributed by atoms with Crippen LogP contribution >= 0.6 is 24.0 Å². The summed E-state index contributed by atoms with van der Waals surface area (Å²) >= 11 is 6.82. The van der Waals surface area contributed by atoms with Gasteiger partial charge in [-0.1, -0.05) is 53.8 Å². The van der Waals surface area contributed by atoms with Gasteiger partial charge in [-0.05, 0) is 44.0 Å². The summed E-state index contributed by atoms with van der Waals surface area (Å²) < 4.78 is 6.72. The van der Waals surface area contributed by atoms with E-state index in [9.17, 15) is 4.79 Å². The van der Waals surface area contributed by atoms with Crippen molar-refractivity contribution in [3.05, 3.63) is 54.1 Å². The number of thiocarbonyl (C=S) groups is 1. The fourth-order valence-corrected chi connectivity index (χ4v) is 3.75. The van der Waals surface area contributed by atoms with E-state index in [1.54, 1.807) is 0 Å². The number of nitrogens with one attached hydrogen (secondary N) is 1. The summed E-state index contributed by atoms with van der Waals surface area (Å²) in [5.74, 6) is 1.57. The van der Waals surface area contributed by atoms with Crippen LogP contribution in [0.4, 0.5) is 5.69 Å². The lowest BCUT2D eigenvalue weighted by Crippen LogP contribution is -2.25. The highest BCUT2D eigenvalue weighted by Crippen LogP contribution is 2.29. The molecule has 0 aromatic heterocycles. The van der Waals surface area contributed by atoms with E-state index in [1.165, 1.54) is 30.2 Å². The SMILES string of the molecule is Cc1ccc(Oc2ccccc2NC(=O)CSC(=S)N2CCCC2)cc1. The molecule has 0 bridgehead atoms. The van der Waals surface area contributed by atoms with Crippen LogP contribution in [0.15, 0.2) is 48.5 Å². The molecule has 1 N–H and O–H groups in total. The molecule has 3 rings (SSSR count). The summed E-state index contributed by atoms with van der Waals surface area (Å²) in [6.07, 6.45) is 2.35. The van der Waals surface area contributed by atoms with Crippen LogP contribution in [0.1, 0.15) is 18.4 Å². The van der Waals surface area contributed by atoms with E-state index in [0.29, 0.717) is 17.2 Å². The number of rotatable bonds is 5. The maximum atomic E-state index is 12.3. The van der Waals surface area contributed by atoms with E-state index < -0.39 is 0 Å². The lowest BCUT2D eigenvalue weighted by molar-refractivity contribution is -0.113. The molecule has 6 heteroatoms. The third-order valence-electron chi connectivity index (χ3n) is 4.10. The van der Waals surface area contributed by atoms with Crippen LogP contribution in [0.5, 0.6) is 11.5 Å². The van der Waals surface area contributed by atoms with E-state index in [1.807, 2.05) is 55.5 Å². The van der Waals surface area contributed by atoms with Crippen molar-refractivity contribution in [1.82, 2.24) is 4.90 Å². The number of hydrogen-bond donors (Lipinski definition) is 1. The standard InChI is InChI=1S/C20H22N2O2S2/c1-15-8-10-16(11-9-15)24-18-7-3-2-6-17(18)21-19(23)14-26-20(25)22-12-4-5-13-22/h2-3,6-11H,4-5,12-14H2,1H3,(H,21,23). The fourth-order valence-electron chi connectivity index (χ4n) is 2.70. The second-order valence-electron chi connectivity index (χ2n) is 6.21. The molecule has 1 aliphatic rings. The minimum atomic E-state index is -0.0866. The Balaban J connectivity index is 1.57. The summed E-state index contributed by atoms with van der Waals surface area (Å²) in [7, 11) is 0. The number of amides is 1. The van der Waals surface area contributed by atoms with Gasteiger partial charge < -0.3 is 15.0 Å². The molecule has 26 heavy (non-hydrogen) atoms. The first-order chi connectivity index (χ1) is 12.6. The summed E-state index contributed by atoms with van der Waals surface area (Å²) in [6.45, 7) is 4.03. The number of ether oxygens (including phenoxy) is 1. The summed E-state index contributed by atoms with van der Waals surface area (Å²) in [4.78, 5) is 14.5. The zero-order valence-electron chi connectivity index (χ0n) is 14.7. The highest BCUT2D eigenvalue weighted by atomic mass is 32.2. The molecule has 0 atom stereocenters. The average molecular weight is 387 g/mol. The molecule has 1 fully saturated rings. The molecule has 1 amide bonds. The number of nitrogens with zero attached hydrogens (tertiary/aromatic N) is 1. The first-order valence-corrected chi connectivity index (χ1v) is 10.1. The van der Waals surface area contributed by atoms with Crippen LogP contribution in [0.25, 0.3) is 0 Å². The van der Waals surface area contributed by atoms with Crippen LogP contribution in [0.2, 0.25) is 0 Å². The second-order valence-corrected chi connectivity index (χ2v) is 7.82. The molecule has 4 nitrogen and oxygen atoms in total. The Morgan fingerprint density at radius 2 is 1.85 bits per heavy atom. The van der Waals surface area contributed by atoms with Crippen LogP contribution < -0.4 is 10.1 Å². The quantitative estimate of drug-likeness (QED) is 0.745. The van der Waals surface area contributed by atoms with Gasteiger partial charge in [0.05, 0.1) is 11.4 Å². The van der Waals surface area contributed by atoms with Crippen molar-refractivity contribution in [1.29, 1.82) is 0 Å². The third-order valence-corrected chi connectivity index (χ3v) is 5.62. The number of likely N-dealkylation sites (tertiary alicyclic amines) is 1. The van der Waals surface area contributed by atoms with Gasteiger partial charge in [-0.15, -0.1) is 0 Å². The monoisotopic (exact) mass is 386 g/mol. The molecule has 1 heterocycles. The number of aryl methyl sites for hydroxylation is 1. The lowest BCUT2D eigenvalue weighted by atomic mass is 10.2. The van der Waals surface area contributed by atoms with Gasteiger partial charge in [-0.25, -0.2) is 0 Å². The van der Waals surface area contributed by atoms with Gasteiger partial charge in [0.2, 0.25) is 5.91 Å². The predicted octanol–water partition coefficient (Wildman–Crippen LogP) is 4.84. The molecule has 1 saturated heterocycles. The Hall–Kier alpha value is -2.05. The molecular formula is C20H22N2O2S2. The Bertz CT molecular complexity index is 772. The number of anilines is 1. The maximum absolute atomic E-state index is 12.3. The van der Waals surface area contributed by atoms with Crippen molar-refractivity contribution in [3.8, 4) is 11.5 Å². The minimum absolute atomic E-state index is 0.0866. The van der Waals surface area contributed by atoms with Gasteiger partial charge in [0.15, 0.2) is 5.75 Å². The summed E-state index contributed by atoms with van der Waals surface area (Å²) in [6, 6.07) is 15.3. The lowest BCUT2D eigenvalue weighted by Gasteiger charge is -2.17. The molecule has 0 spiro atoms. The Kier molecular flexibility index (Phi) is 6.52. The summed E-state index contributed by atoms with van der Waals surface area (Å²) in [5, 5.41) is 2.93. The van der Waals surface area contributed by atoms with Crippen molar-refractivity contribution in [3.63, 3.8) is 0 Å². The fraction of sp³-hybridized carbons (Fsp3) is 0.300. The third kappa shape index (κ3) is 5.22.